The molecule has 10 aromatic carbocycles. The lowest BCUT2D eigenvalue weighted by molar-refractivity contribution is 0.436. The van der Waals surface area contributed by atoms with Crippen molar-refractivity contribution in [3.63, 3.8) is 0 Å². The summed E-state index contributed by atoms with van der Waals surface area (Å²) in [7, 11) is 0. The summed E-state index contributed by atoms with van der Waals surface area (Å²) >= 11 is 3.76. The number of fused-ring (bicyclic) bond motifs is 21. The van der Waals surface area contributed by atoms with Gasteiger partial charge in [0.05, 0.1) is 10.8 Å². The van der Waals surface area contributed by atoms with Gasteiger partial charge in [0.2, 0.25) is 0 Å². The highest BCUT2D eigenvalue weighted by molar-refractivity contribution is 7.99. The fourth-order valence-corrected chi connectivity index (χ4v) is 14.6. The van der Waals surface area contributed by atoms with Crippen LogP contribution < -0.4 is 9.64 Å². The number of anilines is 3. The van der Waals surface area contributed by atoms with Crippen molar-refractivity contribution < 1.29 is 4.74 Å². The fourth-order valence-electron chi connectivity index (χ4n) is 12.3. The monoisotopic (exact) mass is 875 g/mol. The molecule has 15 rings (SSSR count). The van der Waals surface area contributed by atoms with Gasteiger partial charge in [-0.2, -0.15) is 0 Å². The largest absolute Gasteiger partial charge is 0.457 e. The SMILES string of the molecule is c1ccc2c(c1)Oc1ccccc1C21c2ccccc2-c2cc(N(c3ccc4c(c3)-c3ccccc3C43c4ccccc4Sc4ccccc43)c3ccc4c(c3)sc3ccccc34)ccc21. The Kier molecular flexibility index (Phi) is 7.48. The highest BCUT2D eigenvalue weighted by atomic mass is 32.2. The van der Waals surface area contributed by atoms with Gasteiger partial charge in [-0.3, -0.25) is 0 Å². The normalized spacial score (nSPS) is 14.7. The molecule has 66 heavy (non-hydrogen) atoms. The third kappa shape index (κ3) is 4.67. The smallest absolute Gasteiger partial charge is 0.132 e. The Morgan fingerprint density at radius 1 is 0.318 bits per heavy atom. The minimum Gasteiger partial charge on any atom is -0.457 e. The van der Waals surface area contributed by atoms with Crippen LogP contribution in [0.15, 0.2) is 234 Å². The first-order valence-electron chi connectivity index (χ1n) is 22.7. The van der Waals surface area contributed by atoms with Crippen LogP contribution in [0.3, 0.4) is 0 Å². The van der Waals surface area contributed by atoms with Gasteiger partial charge in [0.15, 0.2) is 0 Å². The van der Waals surface area contributed by atoms with Crippen LogP contribution >= 0.6 is 23.1 Å². The number of hydrogen-bond acceptors (Lipinski definition) is 4. The van der Waals surface area contributed by atoms with Crippen molar-refractivity contribution in [1.82, 2.24) is 0 Å². The zero-order valence-electron chi connectivity index (χ0n) is 35.5. The molecule has 3 heterocycles. The molecule has 0 atom stereocenters. The van der Waals surface area contributed by atoms with Crippen molar-refractivity contribution in [1.29, 1.82) is 0 Å². The zero-order valence-corrected chi connectivity index (χ0v) is 37.2. The molecule has 0 bridgehead atoms. The van der Waals surface area contributed by atoms with E-state index in [2.05, 4.69) is 229 Å². The highest BCUT2D eigenvalue weighted by Crippen LogP contribution is 2.65. The number of thiophene rings is 1. The fraction of sp³-hybridized carbons (Fsp3) is 0.0323. The van der Waals surface area contributed by atoms with Crippen LogP contribution in [0, 0.1) is 0 Å². The molecule has 0 radical (unpaired) electrons. The van der Waals surface area contributed by atoms with Crippen molar-refractivity contribution in [3.8, 4) is 33.8 Å². The van der Waals surface area contributed by atoms with Crippen LogP contribution in [0.2, 0.25) is 0 Å². The lowest BCUT2D eigenvalue weighted by atomic mass is 9.66. The molecule has 2 aliphatic heterocycles. The lowest BCUT2D eigenvalue weighted by Gasteiger charge is -2.39. The highest BCUT2D eigenvalue weighted by Gasteiger charge is 2.52. The number of benzene rings is 10. The minimum absolute atomic E-state index is 0.439. The molecule has 2 nitrogen and oxygen atoms in total. The minimum atomic E-state index is -0.535. The summed E-state index contributed by atoms with van der Waals surface area (Å²) in [4.78, 5) is 5.12. The van der Waals surface area contributed by atoms with Crippen molar-refractivity contribution in [3.05, 3.63) is 269 Å². The molecule has 1 aromatic heterocycles. The van der Waals surface area contributed by atoms with E-state index < -0.39 is 10.8 Å². The topological polar surface area (TPSA) is 12.5 Å². The lowest BCUT2D eigenvalue weighted by Crippen LogP contribution is -2.32. The summed E-state index contributed by atoms with van der Waals surface area (Å²) < 4.78 is 9.24. The van der Waals surface area contributed by atoms with Gasteiger partial charge in [0, 0.05) is 58.2 Å². The van der Waals surface area contributed by atoms with Gasteiger partial charge in [-0.1, -0.05) is 169 Å². The Balaban J connectivity index is 0.989. The molecule has 4 aliphatic rings. The second-order valence-corrected chi connectivity index (χ2v) is 20.0. The van der Waals surface area contributed by atoms with Gasteiger partial charge in [0.25, 0.3) is 0 Å². The molecule has 0 N–H and O–H groups in total. The molecular formula is C62H37NOS2. The van der Waals surface area contributed by atoms with Crippen LogP contribution in [-0.2, 0) is 10.8 Å². The number of ether oxygens (including phenoxy) is 1. The quantitative estimate of drug-likeness (QED) is 0.175. The average molecular weight is 876 g/mol. The van der Waals surface area contributed by atoms with Gasteiger partial charge >= 0.3 is 0 Å². The summed E-state index contributed by atoms with van der Waals surface area (Å²) in [6, 6.07) is 83.8. The Morgan fingerprint density at radius 2 is 0.742 bits per heavy atom. The van der Waals surface area contributed by atoms with Gasteiger partial charge in [-0.05, 0) is 122 Å². The second-order valence-electron chi connectivity index (χ2n) is 17.9. The van der Waals surface area contributed by atoms with E-state index in [0.29, 0.717) is 0 Å². The molecule has 0 amide bonds. The van der Waals surface area contributed by atoms with Crippen LogP contribution in [0.25, 0.3) is 42.4 Å². The van der Waals surface area contributed by atoms with E-state index in [1.807, 2.05) is 23.1 Å². The van der Waals surface area contributed by atoms with Crippen LogP contribution in [0.4, 0.5) is 17.1 Å². The average Bonchev–Trinajstić information content (AvgIpc) is 3.99. The Morgan fingerprint density at radius 3 is 1.35 bits per heavy atom. The van der Waals surface area contributed by atoms with Crippen molar-refractivity contribution in [2.24, 2.45) is 0 Å². The third-order valence-corrected chi connectivity index (χ3v) is 17.1. The van der Waals surface area contributed by atoms with E-state index >= 15 is 0 Å². The molecule has 0 saturated carbocycles. The number of para-hydroxylation sites is 2. The number of hydrogen-bond donors (Lipinski definition) is 0. The van der Waals surface area contributed by atoms with Gasteiger partial charge < -0.3 is 9.64 Å². The van der Waals surface area contributed by atoms with E-state index in [1.54, 1.807) is 0 Å². The van der Waals surface area contributed by atoms with E-state index in [-0.39, 0.29) is 0 Å². The molecular weight excluding hydrogens is 839 g/mol. The summed E-state index contributed by atoms with van der Waals surface area (Å²) in [5.41, 5.74) is 17.7. The molecule has 0 unspecified atom stereocenters. The Bertz CT molecular complexity index is 3590. The molecule has 2 aliphatic carbocycles. The maximum atomic E-state index is 6.66. The van der Waals surface area contributed by atoms with E-state index in [0.717, 1.165) is 28.6 Å². The van der Waals surface area contributed by atoms with E-state index in [4.69, 9.17) is 4.74 Å². The predicted molar refractivity (Wildman–Crippen MR) is 273 cm³/mol. The first-order chi connectivity index (χ1) is 32.7. The zero-order chi connectivity index (χ0) is 43.1. The Hall–Kier alpha value is -7.63. The molecule has 0 fully saturated rings. The molecule has 4 heteroatoms. The Labute approximate surface area is 391 Å². The first kappa shape index (κ1) is 36.7. The standard InChI is InChI=1S/C62H37NOS2/c1-4-18-47-41(15-1)45-35-38(30-33-49(45)61(47)51-20-6-10-24-55(51)64-56-25-11-7-21-52(56)61)63(40-29-32-44-43-17-3-12-26-57(43)65-60(44)37-40)39-31-34-50-46(36-39)42-16-2-5-19-48(42)62(50)53-22-8-13-27-58(53)66-59-28-14-9-23-54(59)62/h1-37H. The van der Waals surface area contributed by atoms with Crippen LogP contribution in [-0.4, -0.2) is 0 Å². The third-order valence-electron chi connectivity index (χ3n) is 14.8. The van der Waals surface area contributed by atoms with Crippen molar-refractivity contribution in [2.75, 3.05) is 4.90 Å². The summed E-state index contributed by atoms with van der Waals surface area (Å²) in [6.45, 7) is 0. The van der Waals surface area contributed by atoms with Gasteiger partial charge in [-0.15, -0.1) is 11.3 Å². The summed E-state index contributed by atoms with van der Waals surface area (Å²) in [5, 5.41) is 2.59. The predicted octanol–water partition coefficient (Wildman–Crippen LogP) is 16.8. The van der Waals surface area contributed by atoms with Gasteiger partial charge in [-0.25, -0.2) is 0 Å². The van der Waals surface area contributed by atoms with Crippen LogP contribution in [0.5, 0.6) is 11.5 Å². The molecule has 308 valence electrons. The maximum Gasteiger partial charge on any atom is 0.132 e. The van der Waals surface area contributed by atoms with Crippen molar-refractivity contribution in [2.45, 2.75) is 20.6 Å². The molecule has 2 spiro atoms. The molecule has 0 saturated heterocycles. The number of nitrogens with zero attached hydrogens (tertiary/aromatic N) is 1. The summed E-state index contributed by atoms with van der Waals surface area (Å²) in [5.74, 6) is 1.80. The van der Waals surface area contributed by atoms with Crippen LogP contribution in [0.1, 0.15) is 44.5 Å². The number of rotatable bonds is 3. The van der Waals surface area contributed by atoms with Gasteiger partial charge in [0.1, 0.15) is 11.5 Å². The summed E-state index contributed by atoms with van der Waals surface area (Å²) in [6.07, 6.45) is 0. The second kappa shape index (κ2) is 13.5. The van der Waals surface area contributed by atoms with Crippen molar-refractivity contribution >= 4 is 60.3 Å². The van der Waals surface area contributed by atoms with E-state index in [9.17, 15) is 0 Å². The molecule has 11 aromatic rings. The van der Waals surface area contributed by atoms with E-state index in [1.165, 1.54) is 96.7 Å². The maximum absolute atomic E-state index is 6.66. The first-order valence-corrected chi connectivity index (χ1v) is 24.3.